The second-order valence-electron chi connectivity index (χ2n) is 5.54. The van der Waals surface area contributed by atoms with E-state index in [1.54, 1.807) is 0 Å². The fraction of sp³-hybridized carbons (Fsp3) is 1.00. The smallest absolute Gasteiger partial charge is 0.0159 e. The van der Waals surface area contributed by atoms with Gasteiger partial charge in [-0.15, -0.1) is 0 Å². The van der Waals surface area contributed by atoms with E-state index in [4.69, 9.17) is 5.73 Å². The van der Waals surface area contributed by atoms with Gasteiger partial charge in [0.1, 0.15) is 0 Å². The molecule has 0 aliphatic heterocycles. The van der Waals surface area contributed by atoms with Crippen LogP contribution in [0.2, 0.25) is 0 Å². The summed E-state index contributed by atoms with van der Waals surface area (Å²) >= 11 is 0. The van der Waals surface area contributed by atoms with Crippen LogP contribution in [0.5, 0.6) is 0 Å². The van der Waals surface area contributed by atoms with Crippen LogP contribution in [0.25, 0.3) is 0 Å². The summed E-state index contributed by atoms with van der Waals surface area (Å²) in [6.07, 6.45) is 3.86. The average Bonchev–Trinajstić information content (AvgIpc) is 2.63. The van der Waals surface area contributed by atoms with E-state index in [-0.39, 0.29) is 5.54 Å². The van der Waals surface area contributed by atoms with Crippen molar-refractivity contribution in [3.8, 4) is 0 Å². The fourth-order valence-corrected chi connectivity index (χ4v) is 2.66. The Balaban J connectivity index is 2.87. The Morgan fingerprint density at radius 2 is 1.58 bits per heavy atom. The SMILES string of the molecule is CCC(C)(C)C1(C(C)(C)N)CC1. The molecule has 0 aromatic heterocycles. The molecule has 0 spiro atoms. The van der Waals surface area contributed by atoms with Crippen LogP contribution < -0.4 is 5.73 Å². The molecule has 1 nitrogen and oxygen atoms in total. The summed E-state index contributed by atoms with van der Waals surface area (Å²) in [5, 5.41) is 0. The molecule has 0 aromatic carbocycles. The minimum Gasteiger partial charge on any atom is -0.325 e. The quantitative estimate of drug-likeness (QED) is 0.690. The second kappa shape index (κ2) is 2.47. The van der Waals surface area contributed by atoms with Gasteiger partial charge in [-0.1, -0.05) is 27.2 Å². The highest BCUT2D eigenvalue weighted by Gasteiger charge is 2.60. The maximum Gasteiger partial charge on any atom is 0.0159 e. The first-order valence-electron chi connectivity index (χ1n) is 5.06. The van der Waals surface area contributed by atoms with Crippen LogP contribution in [-0.4, -0.2) is 5.54 Å². The van der Waals surface area contributed by atoms with Crippen molar-refractivity contribution in [3.05, 3.63) is 0 Å². The molecule has 2 N–H and O–H groups in total. The molecule has 0 saturated heterocycles. The summed E-state index contributed by atoms with van der Waals surface area (Å²) in [6, 6.07) is 0. The third-order valence-electron chi connectivity index (χ3n) is 4.16. The van der Waals surface area contributed by atoms with Gasteiger partial charge in [0.05, 0.1) is 0 Å². The van der Waals surface area contributed by atoms with Crippen molar-refractivity contribution in [2.75, 3.05) is 0 Å². The van der Waals surface area contributed by atoms with Gasteiger partial charge in [0.15, 0.2) is 0 Å². The van der Waals surface area contributed by atoms with Crippen LogP contribution in [0.15, 0.2) is 0 Å². The zero-order valence-corrected chi connectivity index (χ0v) is 9.20. The molecule has 1 aliphatic rings. The van der Waals surface area contributed by atoms with Crippen molar-refractivity contribution >= 4 is 0 Å². The maximum absolute atomic E-state index is 6.24. The van der Waals surface area contributed by atoms with Crippen LogP contribution >= 0.6 is 0 Å². The number of rotatable bonds is 3. The zero-order chi connectivity index (χ0) is 9.62. The van der Waals surface area contributed by atoms with Crippen molar-refractivity contribution < 1.29 is 0 Å². The van der Waals surface area contributed by atoms with Crippen LogP contribution in [-0.2, 0) is 0 Å². The summed E-state index contributed by atoms with van der Waals surface area (Å²) in [5.41, 5.74) is 7.05. The lowest BCUT2D eigenvalue weighted by Gasteiger charge is -2.43. The predicted molar refractivity (Wildman–Crippen MR) is 54.0 cm³/mol. The van der Waals surface area contributed by atoms with E-state index >= 15 is 0 Å². The van der Waals surface area contributed by atoms with Crippen molar-refractivity contribution in [1.29, 1.82) is 0 Å². The van der Waals surface area contributed by atoms with Gasteiger partial charge in [-0.05, 0) is 37.5 Å². The largest absolute Gasteiger partial charge is 0.325 e. The average molecular weight is 169 g/mol. The van der Waals surface area contributed by atoms with Crippen LogP contribution in [0.4, 0.5) is 0 Å². The molecule has 1 rings (SSSR count). The molecular formula is C11H23N. The van der Waals surface area contributed by atoms with E-state index in [0.717, 1.165) is 0 Å². The zero-order valence-electron chi connectivity index (χ0n) is 9.20. The first-order chi connectivity index (χ1) is 5.27. The number of nitrogens with two attached hydrogens (primary N) is 1. The van der Waals surface area contributed by atoms with Gasteiger partial charge in [0.25, 0.3) is 0 Å². The second-order valence-corrected chi connectivity index (χ2v) is 5.54. The third kappa shape index (κ3) is 1.19. The molecule has 72 valence electrons. The summed E-state index contributed by atoms with van der Waals surface area (Å²) < 4.78 is 0. The standard InChI is InChI=1S/C11H23N/c1-6-9(2,3)11(7-8-11)10(4,5)12/h6-8,12H2,1-5H3. The van der Waals surface area contributed by atoms with E-state index in [0.29, 0.717) is 10.8 Å². The normalized spacial score (nSPS) is 22.5. The lowest BCUT2D eigenvalue weighted by molar-refractivity contribution is 0.1000. The molecule has 0 bridgehead atoms. The van der Waals surface area contributed by atoms with Gasteiger partial charge in [-0.2, -0.15) is 0 Å². The van der Waals surface area contributed by atoms with E-state index in [1.165, 1.54) is 19.3 Å². The Morgan fingerprint density at radius 3 is 1.67 bits per heavy atom. The van der Waals surface area contributed by atoms with E-state index in [1.807, 2.05) is 0 Å². The molecule has 0 amide bonds. The minimum atomic E-state index is -0.00743. The summed E-state index contributed by atoms with van der Waals surface area (Å²) in [6.45, 7) is 11.3. The molecule has 1 aliphatic carbocycles. The van der Waals surface area contributed by atoms with E-state index < -0.39 is 0 Å². The Bertz CT molecular complexity index is 170. The fourth-order valence-electron chi connectivity index (χ4n) is 2.66. The van der Waals surface area contributed by atoms with Gasteiger partial charge >= 0.3 is 0 Å². The topological polar surface area (TPSA) is 26.0 Å². The summed E-state index contributed by atoms with van der Waals surface area (Å²) in [7, 11) is 0. The highest BCUT2D eigenvalue weighted by atomic mass is 14.8. The Labute approximate surface area is 76.7 Å². The monoisotopic (exact) mass is 169 g/mol. The molecule has 0 unspecified atom stereocenters. The molecule has 0 aromatic rings. The Kier molecular flexibility index (Phi) is 2.07. The van der Waals surface area contributed by atoms with E-state index in [2.05, 4.69) is 34.6 Å². The summed E-state index contributed by atoms with van der Waals surface area (Å²) in [4.78, 5) is 0. The highest BCUT2D eigenvalue weighted by molar-refractivity contribution is 5.13. The molecule has 0 atom stereocenters. The van der Waals surface area contributed by atoms with Crippen molar-refractivity contribution in [2.24, 2.45) is 16.6 Å². The first kappa shape index (κ1) is 10.0. The molecular weight excluding hydrogens is 146 g/mol. The number of hydrogen-bond acceptors (Lipinski definition) is 1. The summed E-state index contributed by atoms with van der Waals surface area (Å²) in [5.74, 6) is 0. The molecule has 1 fully saturated rings. The maximum atomic E-state index is 6.24. The van der Waals surface area contributed by atoms with Crippen molar-refractivity contribution in [2.45, 2.75) is 59.4 Å². The van der Waals surface area contributed by atoms with Crippen LogP contribution in [0, 0.1) is 10.8 Å². The molecule has 12 heavy (non-hydrogen) atoms. The molecule has 0 radical (unpaired) electrons. The molecule has 0 heterocycles. The third-order valence-corrected chi connectivity index (χ3v) is 4.16. The van der Waals surface area contributed by atoms with E-state index in [9.17, 15) is 0 Å². The van der Waals surface area contributed by atoms with Gasteiger partial charge in [-0.3, -0.25) is 0 Å². The minimum absolute atomic E-state index is 0.00743. The number of hydrogen-bond donors (Lipinski definition) is 1. The van der Waals surface area contributed by atoms with Gasteiger partial charge < -0.3 is 5.73 Å². The predicted octanol–water partition coefficient (Wildman–Crippen LogP) is 2.94. The lowest BCUT2D eigenvalue weighted by atomic mass is 9.65. The van der Waals surface area contributed by atoms with Gasteiger partial charge in [0.2, 0.25) is 0 Å². The highest BCUT2D eigenvalue weighted by Crippen LogP contribution is 2.64. The van der Waals surface area contributed by atoms with Crippen LogP contribution in [0.1, 0.15) is 53.9 Å². The van der Waals surface area contributed by atoms with Crippen molar-refractivity contribution in [1.82, 2.24) is 0 Å². The molecule has 1 saturated carbocycles. The Hall–Kier alpha value is -0.0400. The first-order valence-corrected chi connectivity index (χ1v) is 5.06. The van der Waals surface area contributed by atoms with Gasteiger partial charge in [-0.25, -0.2) is 0 Å². The molecule has 1 heteroatoms. The van der Waals surface area contributed by atoms with Gasteiger partial charge in [0, 0.05) is 5.54 Å². The van der Waals surface area contributed by atoms with Crippen LogP contribution in [0.3, 0.4) is 0 Å². The van der Waals surface area contributed by atoms with Crippen molar-refractivity contribution in [3.63, 3.8) is 0 Å². The lowest BCUT2D eigenvalue weighted by Crippen LogP contribution is -2.49. The Morgan fingerprint density at radius 1 is 1.17 bits per heavy atom.